The summed E-state index contributed by atoms with van der Waals surface area (Å²) in [6, 6.07) is 0. The maximum atomic E-state index is 11.2. The van der Waals surface area contributed by atoms with E-state index in [1.165, 1.54) is 10.8 Å². The SMILES string of the molecule is CCOC(=O)c1c[nH]c(N)[n+]1C. The van der Waals surface area contributed by atoms with Crippen molar-refractivity contribution in [3.05, 3.63) is 11.9 Å². The Morgan fingerprint density at radius 3 is 2.92 bits per heavy atom. The van der Waals surface area contributed by atoms with Crippen LogP contribution in [0, 0.1) is 0 Å². The van der Waals surface area contributed by atoms with E-state index in [1.807, 2.05) is 0 Å². The lowest BCUT2D eigenvalue weighted by atomic mass is 10.5. The summed E-state index contributed by atoms with van der Waals surface area (Å²) in [7, 11) is 1.69. The Labute approximate surface area is 70.1 Å². The number of aromatic nitrogens is 2. The number of hydrogen-bond donors (Lipinski definition) is 2. The Morgan fingerprint density at radius 1 is 1.83 bits per heavy atom. The molecule has 5 nitrogen and oxygen atoms in total. The number of rotatable bonds is 2. The molecule has 0 fully saturated rings. The fourth-order valence-electron chi connectivity index (χ4n) is 0.867. The molecule has 12 heavy (non-hydrogen) atoms. The zero-order valence-electron chi connectivity index (χ0n) is 7.13. The van der Waals surface area contributed by atoms with Crippen molar-refractivity contribution >= 4 is 11.9 Å². The van der Waals surface area contributed by atoms with Gasteiger partial charge < -0.3 is 4.74 Å². The largest absolute Gasteiger partial charge is 0.460 e. The zero-order chi connectivity index (χ0) is 9.14. The van der Waals surface area contributed by atoms with Crippen molar-refractivity contribution in [2.75, 3.05) is 12.3 Å². The van der Waals surface area contributed by atoms with E-state index in [9.17, 15) is 4.79 Å². The van der Waals surface area contributed by atoms with E-state index in [2.05, 4.69) is 4.98 Å². The Bertz CT molecular complexity index is 293. The molecule has 0 aromatic carbocycles. The van der Waals surface area contributed by atoms with Gasteiger partial charge in [-0.25, -0.2) is 14.3 Å². The minimum absolute atomic E-state index is 0.365. The zero-order valence-corrected chi connectivity index (χ0v) is 7.13. The first-order chi connectivity index (χ1) is 5.66. The van der Waals surface area contributed by atoms with Crippen LogP contribution in [0.3, 0.4) is 0 Å². The Hall–Kier alpha value is -1.52. The number of carbonyl (C=O) groups excluding carboxylic acids is 1. The average molecular weight is 170 g/mol. The van der Waals surface area contributed by atoms with Crippen LogP contribution in [0.15, 0.2) is 6.20 Å². The number of nitrogen functional groups attached to an aromatic ring is 1. The summed E-state index contributed by atoms with van der Waals surface area (Å²) in [5.41, 5.74) is 5.90. The number of hydrogen-bond acceptors (Lipinski definition) is 3. The van der Waals surface area contributed by atoms with Crippen LogP contribution >= 0.6 is 0 Å². The predicted octanol–water partition coefficient (Wildman–Crippen LogP) is -0.402. The topological polar surface area (TPSA) is 72.0 Å². The van der Waals surface area contributed by atoms with Crippen LogP contribution in [0.4, 0.5) is 5.95 Å². The molecule has 66 valence electrons. The minimum atomic E-state index is -0.368. The van der Waals surface area contributed by atoms with Crippen LogP contribution in [0.1, 0.15) is 17.4 Å². The summed E-state index contributed by atoms with van der Waals surface area (Å²) < 4.78 is 6.33. The van der Waals surface area contributed by atoms with Crippen molar-refractivity contribution in [3.8, 4) is 0 Å². The predicted molar refractivity (Wildman–Crippen MR) is 42.3 cm³/mol. The summed E-state index contributed by atoms with van der Waals surface area (Å²) in [6.45, 7) is 2.12. The molecular weight excluding hydrogens is 158 g/mol. The number of H-pyrrole nitrogens is 1. The number of carbonyl (C=O) groups is 1. The van der Waals surface area contributed by atoms with E-state index in [-0.39, 0.29) is 5.97 Å². The Kier molecular flexibility index (Phi) is 2.32. The van der Waals surface area contributed by atoms with E-state index in [0.717, 1.165) is 0 Å². The van der Waals surface area contributed by atoms with Gasteiger partial charge in [0, 0.05) is 0 Å². The van der Waals surface area contributed by atoms with Gasteiger partial charge in [0.05, 0.1) is 13.7 Å². The van der Waals surface area contributed by atoms with Gasteiger partial charge in [0.1, 0.15) is 6.20 Å². The van der Waals surface area contributed by atoms with Gasteiger partial charge >= 0.3 is 11.9 Å². The van der Waals surface area contributed by atoms with Gasteiger partial charge in [-0.1, -0.05) is 0 Å². The van der Waals surface area contributed by atoms with Gasteiger partial charge in [-0.2, -0.15) is 0 Å². The highest BCUT2D eigenvalue weighted by atomic mass is 16.5. The number of nitrogens with one attached hydrogen (secondary N) is 1. The van der Waals surface area contributed by atoms with Crippen molar-refractivity contribution in [3.63, 3.8) is 0 Å². The van der Waals surface area contributed by atoms with Gasteiger partial charge in [0.15, 0.2) is 0 Å². The molecule has 0 saturated heterocycles. The number of ether oxygens (including phenoxy) is 1. The number of imidazole rings is 1. The molecule has 0 unspecified atom stereocenters. The van der Waals surface area contributed by atoms with Crippen LogP contribution < -0.4 is 10.3 Å². The highest BCUT2D eigenvalue weighted by Gasteiger charge is 2.17. The van der Waals surface area contributed by atoms with Crippen LogP contribution in [-0.2, 0) is 11.8 Å². The molecule has 0 bridgehead atoms. The van der Waals surface area contributed by atoms with Crippen molar-refractivity contribution in [1.29, 1.82) is 0 Å². The third-order valence-electron chi connectivity index (χ3n) is 1.56. The van der Waals surface area contributed by atoms with Crippen molar-refractivity contribution in [2.24, 2.45) is 7.05 Å². The van der Waals surface area contributed by atoms with E-state index >= 15 is 0 Å². The molecule has 0 aliphatic carbocycles. The van der Waals surface area contributed by atoms with Crippen LogP contribution in [0.2, 0.25) is 0 Å². The standard InChI is InChI=1S/C7H11N3O2/c1-3-12-6(11)5-4-9-7(8)10(5)2/h4H,3H2,1-2H3,(H2,8,9,11)/p+1. The van der Waals surface area contributed by atoms with Crippen molar-refractivity contribution in [2.45, 2.75) is 6.92 Å². The van der Waals surface area contributed by atoms with E-state index in [4.69, 9.17) is 10.5 Å². The number of anilines is 1. The summed E-state index contributed by atoms with van der Waals surface area (Å²) in [5, 5.41) is 0. The lowest BCUT2D eigenvalue weighted by Crippen LogP contribution is -2.36. The third kappa shape index (κ3) is 1.39. The maximum Gasteiger partial charge on any atom is 0.373 e. The number of aromatic amines is 1. The molecule has 0 amide bonds. The summed E-state index contributed by atoms with van der Waals surface area (Å²) >= 11 is 0. The molecule has 0 atom stereocenters. The molecule has 0 radical (unpaired) electrons. The maximum absolute atomic E-state index is 11.2. The fraction of sp³-hybridized carbons (Fsp3) is 0.429. The number of nitrogens with zero attached hydrogens (tertiary/aromatic N) is 1. The molecule has 0 saturated carbocycles. The molecule has 1 aromatic rings. The second kappa shape index (κ2) is 3.25. The summed E-state index contributed by atoms with van der Waals surface area (Å²) in [4.78, 5) is 13.9. The summed E-state index contributed by atoms with van der Waals surface area (Å²) in [5.74, 6) is 0.0611. The van der Waals surface area contributed by atoms with E-state index in [0.29, 0.717) is 18.2 Å². The lowest BCUT2D eigenvalue weighted by Gasteiger charge is -1.97. The molecule has 3 N–H and O–H groups in total. The molecule has 1 aromatic heterocycles. The molecule has 0 aliphatic rings. The molecule has 1 rings (SSSR count). The second-order valence-corrected chi connectivity index (χ2v) is 2.34. The van der Waals surface area contributed by atoms with Crippen LogP contribution in [-0.4, -0.2) is 17.6 Å². The highest BCUT2D eigenvalue weighted by Crippen LogP contribution is 1.96. The van der Waals surface area contributed by atoms with Crippen molar-refractivity contribution < 1.29 is 14.1 Å². The molecule has 0 spiro atoms. The summed E-state index contributed by atoms with van der Waals surface area (Å²) in [6.07, 6.45) is 1.52. The van der Waals surface area contributed by atoms with E-state index in [1.54, 1.807) is 14.0 Å². The molecule has 5 heteroatoms. The minimum Gasteiger partial charge on any atom is -0.460 e. The first-order valence-electron chi connectivity index (χ1n) is 3.66. The first-order valence-corrected chi connectivity index (χ1v) is 3.66. The van der Waals surface area contributed by atoms with E-state index < -0.39 is 0 Å². The third-order valence-corrected chi connectivity index (χ3v) is 1.56. The Morgan fingerprint density at radius 2 is 2.50 bits per heavy atom. The fourth-order valence-corrected chi connectivity index (χ4v) is 0.867. The molecule has 0 aliphatic heterocycles. The Balaban J connectivity index is 2.88. The van der Waals surface area contributed by atoms with Crippen molar-refractivity contribution in [1.82, 2.24) is 4.98 Å². The quantitative estimate of drug-likeness (QED) is 0.468. The first kappa shape index (κ1) is 8.58. The monoisotopic (exact) mass is 170 g/mol. The molecule has 1 heterocycles. The van der Waals surface area contributed by atoms with Crippen LogP contribution in [0.5, 0.6) is 0 Å². The molecular formula is C7H12N3O2+. The average Bonchev–Trinajstić information content (AvgIpc) is 2.34. The number of esters is 1. The van der Waals surface area contributed by atoms with Gasteiger partial charge in [-0.3, -0.25) is 5.73 Å². The van der Waals surface area contributed by atoms with Gasteiger partial charge in [0.2, 0.25) is 5.69 Å². The van der Waals surface area contributed by atoms with Gasteiger partial charge in [-0.15, -0.1) is 0 Å². The van der Waals surface area contributed by atoms with Crippen LogP contribution in [0.25, 0.3) is 0 Å². The lowest BCUT2D eigenvalue weighted by molar-refractivity contribution is -0.657. The highest BCUT2D eigenvalue weighted by molar-refractivity contribution is 5.85. The number of nitrogens with two attached hydrogens (primary N) is 1. The van der Waals surface area contributed by atoms with Gasteiger partial charge in [0.25, 0.3) is 0 Å². The second-order valence-electron chi connectivity index (χ2n) is 2.34. The smallest absolute Gasteiger partial charge is 0.373 e. The normalized spacial score (nSPS) is 9.83. The van der Waals surface area contributed by atoms with Gasteiger partial charge in [-0.05, 0) is 6.92 Å².